The molecule has 51 valence electrons. The number of esters is 1. The molecular formula is C6H9O3. The topological polar surface area (TPSA) is 43.4 Å². The molecule has 1 unspecified atom stereocenters. The van der Waals surface area contributed by atoms with Crippen molar-refractivity contribution >= 4 is 12.3 Å². The first-order valence-electron chi connectivity index (χ1n) is 2.77. The molecule has 0 aromatic heterocycles. The zero-order valence-electron chi connectivity index (χ0n) is 5.51. The van der Waals surface area contributed by atoms with Gasteiger partial charge in [-0.2, -0.15) is 0 Å². The lowest BCUT2D eigenvalue weighted by molar-refractivity contribution is -0.145. The summed E-state index contributed by atoms with van der Waals surface area (Å²) in [6, 6.07) is 0. The summed E-state index contributed by atoms with van der Waals surface area (Å²) in [5.74, 6) is -0.370. The van der Waals surface area contributed by atoms with Gasteiger partial charge in [0, 0.05) is 6.42 Å². The Morgan fingerprint density at radius 2 is 2.33 bits per heavy atom. The maximum absolute atomic E-state index is 10.4. The van der Waals surface area contributed by atoms with Crippen LogP contribution in [0.3, 0.4) is 0 Å². The highest BCUT2D eigenvalue weighted by atomic mass is 16.5. The lowest BCUT2D eigenvalue weighted by Gasteiger charge is -2.02. The largest absolute Gasteiger partial charge is 0.454 e. The van der Waals surface area contributed by atoms with Crippen LogP contribution < -0.4 is 0 Å². The van der Waals surface area contributed by atoms with Crippen LogP contribution in [0.15, 0.2) is 0 Å². The molecule has 0 N–H and O–H groups in total. The molecule has 0 spiro atoms. The van der Waals surface area contributed by atoms with Gasteiger partial charge in [0.1, 0.15) is 0 Å². The Bertz CT molecular complexity index is 109. The van der Waals surface area contributed by atoms with Gasteiger partial charge in [0.2, 0.25) is 6.29 Å². The van der Waals surface area contributed by atoms with Gasteiger partial charge in [-0.05, 0) is 6.92 Å². The van der Waals surface area contributed by atoms with E-state index in [0.717, 1.165) is 0 Å². The first-order valence-corrected chi connectivity index (χ1v) is 2.77. The predicted octanol–water partition coefficient (Wildman–Crippen LogP) is 0.438. The number of hydrogen-bond donors (Lipinski definition) is 0. The van der Waals surface area contributed by atoms with E-state index in [0.29, 0.717) is 6.42 Å². The third-order valence-corrected chi connectivity index (χ3v) is 0.763. The van der Waals surface area contributed by atoms with E-state index in [1.807, 2.05) is 0 Å². The van der Waals surface area contributed by atoms with Crippen molar-refractivity contribution in [1.29, 1.82) is 0 Å². The minimum atomic E-state index is -0.725. The Kier molecular flexibility index (Phi) is 3.67. The molecule has 0 rings (SSSR count). The molecule has 0 aromatic carbocycles. The molecule has 0 aliphatic carbocycles. The Labute approximate surface area is 54.0 Å². The van der Waals surface area contributed by atoms with E-state index in [9.17, 15) is 9.59 Å². The number of ether oxygens (including phenoxy) is 1. The van der Waals surface area contributed by atoms with Gasteiger partial charge in [0.25, 0.3) is 0 Å². The van der Waals surface area contributed by atoms with Crippen LogP contribution in [0, 0.1) is 0 Å². The quantitative estimate of drug-likeness (QED) is 0.519. The highest BCUT2D eigenvalue weighted by molar-refractivity contribution is 5.72. The van der Waals surface area contributed by atoms with E-state index < -0.39 is 6.10 Å². The van der Waals surface area contributed by atoms with Crippen LogP contribution in [0.1, 0.15) is 20.3 Å². The SMILES string of the molecule is CCC(=O)OC(C)[C]=O. The van der Waals surface area contributed by atoms with E-state index in [2.05, 4.69) is 4.74 Å². The summed E-state index contributed by atoms with van der Waals surface area (Å²) < 4.78 is 4.49. The molecule has 0 fully saturated rings. The van der Waals surface area contributed by atoms with Gasteiger partial charge in [-0.15, -0.1) is 0 Å². The molecule has 0 bridgehead atoms. The Morgan fingerprint density at radius 3 is 2.67 bits per heavy atom. The number of carbonyl (C=O) groups is 1. The molecule has 0 heterocycles. The van der Waals surface area contributed by atoms with E-state index >= 15 is 0 Å². The Balaban J connectivity index is 3.46. The molecule has 0 saturated heterocycles. The van der Waals surface area contributed by atoms with Crippen LogP contribution >= 0.6 is 0 Å². The zero-order chi connectivity index (χ0) is 7.28. The molecule has 3 nitrogen and oxygen atoms in total. The van der Waals surface area contributed by atoms with Crippen LogP contribution in [0.2, 0.25) is 0 Å². The summed E-state index contributed by atoms with van der Waals surface area (Å²) in [4.78, 5) is 20.1. The first-order chi connectivity index (χ1) is 4.20. The summed E-state index contributed by atoms with van der Waals surface area (Å²) in [6.07, 6.45) is 1.11. The van der Waals surface area contributed by atoms with Crippen molar-refractivity contribution < 1.29 is 14.3 Å². The first kappa shape index (κ1) is 8.14. The van der Waals surface area contributed by atoms with Crippen molar-refractivity contribution in [1.82, 2.24) is 0 Å². The smallest absolute Gasteiger partial charge is 0.306 e. The average molecular weight is 129 g/mol. The molecule has 9 heavy (non-hydrogen) atoms. The van der Waals surface area contributed by atoms with E-state index in [4.69, 9.17) is 0 Å². The maximum atomic E-state index is 10.4. The van der Waals surface area contributed by atoms with Crippen molar-refractivity contribution in [2.24, 2.45) is 0 Å². The summed E-state index contributed by atoms with van der Waals surface area (Å²) >= 11 is 0. The van der Waals surface area contributed by atoms with Crippen LogP contribution in [-0.2, 0) is 14.3 Å². The molecule has 1 radical (unpaired) electrons. The average Bonchev–Trinajstić information content (AvgIpc) is 1.87. The lowest BCUT2D eigenvalue weighted by atomic mass is 10.4. The van der Waals surface area contributed by atoms with Crippen LogP contribution in [0.4, 0.5) is 0 Å². The molecule has 1 atom stereocenters. The van der Waals surface area contributed by atoms with Gasteiger partial charge in [-0.3, -0.25) is 9.59 Å². The fourth-order valence-corrected chi connectivity index (χ4v) is 0.305. The zero-order valence-corrected chi connectivity index (χ0v) is 5.51. The summed E-state index contributed by atoms with van der Waals surface area (Å²) in [5.41, 5.74) is 0. The molecule has 0 saturated carbocycles. The van der Waals surface area contributed by atoms with Crippen LogP contribution in [0.25, 0.3) is 0 Å². The third kappa shape index (κ3) is 3.70. The molecule has 0 aliphatic heterocycles. The van der Waals surface area contributed by atoms with E-state index in [1.165, 1.54) is 13.2 Å². The molecular weight excluding hydrogens is 120 g/mol. The van der Waals surface area contributed by atoms with Crippen molar-refractivity contribution in [2.75, 3.05) is 0 Å². The third-order valence-electron chi connectivity index (χ3n) is 0.763. The summed E-state index contributed by atoms with van der Waals surface area (Å²) in [6.45, 7) is 3.14. The maximum Gasteiger partial charge on any atom is 0.306 e. The van der Waals surface area contributed by atoms with Crippen molar-refractivity contribution in [3.8, 4) is 0 Å². The second-order valence-electron chi connectivity index (χ2n) is 1.60. The summed E-state index contributed by atoms with van der Waals surface area (Å²) in [7, 11) is 0. The lowest BCUT2D eigenvalue weighted by Crippen LogP contribution is -2.14. The molecule has 0 aromatic rings. The second-order valence-corrected chi connectivity index (χ2v) is 1.60. The van der Waals surface area contributed by atoms with Gasteiger partial charge in [0.05, 0.1) is 0 Å². The van der Waals surface area contributed by atoms with Crippen molar-refractivity contribution in [2.45, 2.75) is 26.4 Å². The highest BCUT2D eigenvalue weighted by Gasteiger charge is 2.04. The van der Waals surface area contributed by atoms with E-state index in [-0.39, 0.29) is 5.97 Å². The Morgan fingerprint density at radius 1 is 1.78 bits per heavy atom. The van der Waals surface area contributed by atoms with Crippen LogP contribution in [-0.4, -0.2) is 18.4 Å². The van der Waals surface area contributed by atoms with Crippen molar-refractivity contribution in [3.05, 3.63) is 0 Å². The van der Waals surface area contributed by atoms with Gasteiger partial charge in [0.15, 0.2) is 6.10 Å². The van der Waals surface area contributed by atoms with E-state index in [1.54, 1.807) is 6.92 Å². The number of rotatable bonds is 3. The van der Waals surface area contributed by atoms with Gasteiger partial charge >= 0.3 is 5.97 Å². The predicted molar refractivity (Wildman–Crippen MR) is 31.5 cm³/mol. The molecule has 0 aliphatic rings. The number of carbonyl (C=O) groups excluding carboxylic acids is 2. The minimum Gasteiger partial charge on any atom is -0.454 e. The number of hydrogen-bond acceptors (Lipinski definition) is 3. The van der Waals surface area contributed by atoms with Gasteiger partial charge in [-0.25, -0.2) is 0 Å². The molecule has 3 heteroatoms. The Hall–Kier alpha value is -0.860. The van der Waals surface area contributed by atoms with Gasteiger partial charge in [-0.1, -0.05) is 6.92 Å². The monoisotopic (exact) mass is 129 g/mol. The standard InChI is InChI=1S/C6H9O3/c1-3-6(8)9-5(2)4-7/h5H,3H2,1-2H3. The van der Waals surface area contributed by atoms with Crippen molar-refractivity contribution in [3.63, 3.8) is 0 Å². The van der Waals surface area contributed by atoms with Gasteiger partial charge < -0.3 is 4.74 Å². The second kappa shape index (κ2) is 4.06. The fourth-order valence-electron chi connectivity index (χ4n) is 0.305. The minimum absolute atomic E-state index is 0.298. The summed E-state index contributed by atoms with van der Waals surface area (Å²) in [5, 5.41) is 0. The fraction of sp³-hybridized carbons (Fsp3) is 0.667. The molecule has 0 amide bonds. The normalized spacial score (nSPS) is 12.2. The highest BCUT2D eigenvalue weighted by Crippen LogP contribution is 1.89. The van der Waals surface area contributed by atoms with Crippen LogP contribution in [0.5, 0.6) is 0 Å².